The van der Waals surface area contributed by atoms with E-state index < -0.39 is 11.8 Å². The smallest absolute Gasteiger partial charge is 0.268 e. The van der Waals surface area contributed by atoms with Crippen molar-refractivity contribution in [1.29, 1.82) is 0 Å². The van der Waals surface area contributed by atoms with Crippen molar-refractivity contribution in [3.8, 4) is 0 Å². The van der Waals surface area contributed by atoms with Gasteiger partial charge in [0.25, 0.3) is 11.8 Å². The lowest BCUT2D eigenvalue weighted by Crippen LogP contribution is -2.29. The van der Waals surface area contributed by atoms with E-state index in [1.807, 2.05) is 0 Å². The number of rotatable bonds is 2. The third kappa shape index (κ3) is 1.68. The number of nitrogen functional groups attached to an aromatic ring is 1. The van der Waals surface area contributed by atoms with Crippen LogP contribution in [0.15, 0.2) is 42.5 Å². The first-order valence-corrected chi connectivity index (χ1v) is 6.10. The van der Waals surface area contributed by atoms with Gasteiger partial charge in [-0.05, 0) is 29.8 Å². The van der Waals surface area contributed by atoms with Crippen molar-refractivity contribution in [3.63, 3.8) is 0 Å². The van der Waals surface area contributed by atoms with Crippen LogP contribution in [0.5, 0.6) is 0 Å². The molecule has 0 atom stereocenters. The lowest BCUT2D eigenvalue weighted by molar-refractivity contribution is 0.0926. The molecule has 100 valence electrons. The zero-order valence-corrected chi connectivity index (χ0v) is 10.5. The van der Waals surface area contributed by atoms with Crippen LogP contribution in [0.25, 0.3) is 0 Å². The van der Waals surface area contributed by atoms with E-state index in [-0.39, 0.29) is 12.2 Å². The highest BCUT2D eigenvalue weighted by Gasteiger charge is 2.37. The molecule has 0 aliphatic carbocycles. The Hall–Kier alpha value is -2.66. The van der Waals surface area contributed by atoms with E-state index in [0.29, 0.717) is 22.5 Å². The normalized spacial score (nSPS) is 13.8. The van der Waals surface area contributed by atoms with Gasteiger partial charge in [0, 0.05) is 5.69 Å². The number of anilines is 2. The minimum Gasteiger partial charge on any atom is -0.398 e. The second-order valence-electron chi connectivity index (χ2n) is 4.54. The van der Waals surface area contributed by atoms with Crippen LogP contribution in [0.3, 0.4) is 0 Å². The zero-order chi connectivity index (χ0) is 14.3. The molecule has 0 saturated carbocycles. The average Bonchev–Trinajstić information content (AvgIpc) is 2.72. The summed E-state index contributed by atoms with van der Waals surface area (Å²) in [4.78, 5) is 25.8. The van der Waals surface area contributed by atoms with Crippen LogP contribution in [0.1, 0.15) is 26.3 Å². The quantitative estimate of drug-likeness (QED) is 0.639. The minimum atomic E-state index is -0.432. The number of aliphatic hydroxyl groups excluding tert-OH is 1. The molecule has 2 amide bonds. The molecule has 20 heavy (non-hydrogen) atoms. The highest BCUT2D eigenvalue weighted by Crippen LogP contribution is 2.31. The van der Waals surface area contributed by atoms with E-state index >= 15 is 0 Å². The van der Waals surface area contributed by atoms with Crippen LogP contribution < -0.4 is 10.6 Å². The zero-order valence-electron chi connectivity index (χ0n) is 10.5. The summed E-state index contributed by atoms with van der Waals surface area (Å²) in [7, 11) is 0. The third-order valence-corrected chi connectivity index (χ3v) is 3.30. The number of hydrogen-bond acceptors (Lipinski definition) is 4. The summed E-state index contributed by atoms with van der Waals surface area (Å²) in [6, 6.07) is 11.5. The Morgan fingerprint density at radius 3 is 2.50 bits per heavy atom. The highest BCUT2D eigenvalue weighted by atomic mass is 16.3. The topological polar surface area (TPSA) is 83.6 Å². The van der Waals surface area contributed by atoms with Crippen molar-refractivity contribution < 1.29 is 14.7 Å². The summed E-state index contributed by atoms with van der Waals surface area (Å²) in [6.07, 6.45) is 0. The molecule has 1 aliphatic heterocycles. The van der Waals surface area contributed by atoms with Crippen molar-refractivity contribution in [2.75, 3.05) is 10.6 Å². The first-order chi connectivity index (χ1) is 9.63. The van der Waals surface area contributed by atoms with Gasteiger partial charge in [-0.1, -0.05) is 18.2 Å². The minimum absolute atomic E-state index is 0.154. The highest BCUT2D eigenvalue weighted by molar-refractivity contribution is 6.35. The second kappa shape index (κ2) is 4.47. The fourth-order valence-electron chi connectivity index (χ4n) is 2.34. The molecule has 0 aromatic heterocycles. The summed E-state index contributed by atoms with van der Waals surface area (Å²) < 4.78 is 0. The number of benzene rings is 2. The number of nitrogens with two attached hydrogens (primary N) is 1. The molecule has 5 heteroatoms. The van der Waals surface area contributed by atoms with Crippen LogP contribution in [0.2, 0.25) is 0 Å². The van der Waals surface area contributed by atoms with E-state index in [1.54, 1.807) is 42.5 Å². The van der Waals surface area contributed by atoms with E-state index in [1.165, 1.54) is 0 Å². The van der Waals surface area contributed by atoms with Gasteiger partial charge < -0.3 is 10.8 Å². The van der Waals surface area contributed by atoms with Crippen LogP contribution in [-0.2, 0) is 6.61 Å². The number of imide groups is 1. The SMILES string of the molecule is Nc1cccc2c1C(=O)N(c1cccc(CO)c1)C2=O. The summed E-state index contributed by atoms with van der Waals surface area (Å²) in [5, 5.41) is 9.15. The van der Waals surface area contributed by atoms with Crippen LogP contribution in [0.4, 0.5) is 11.4 Å². The number of hydrogen-bond donors (Lipinski definition) is 2. The van der Waals surface area contributed by atoms with Gasteiger partial charge in [0.2, 0.25) is 0 Å². The summed E-state index contributed by atoms with van der Waals surface area (Å²) >= 11 is 0. The number of carbonyl (C=O) groups is 2. The largest absolute Gasteiger partial charge is 0.398 e. The predicted octanol–water partition coefficient (Wildman–Crippen LogP) is 1.56. The molecule has 0 spiro atoms. The molecule has 2 aromatic carbocycles. The second-order valence-corrected chi connectivity index (χ2v) is 4.54. The molecule has 0 saturated heterocycles. The summed E-state index contributed by atoms with van der Waals surface area (Å²) in [5.74, 6) is -0.828. The van der Waals surface area contributed by atoms with Crippen molar-refractivity contribution in [3.05, 3.63) is 59.2 Å². The molecule has 5 nitrogen and oxygen atoms in total. The molecule has 0 fully saturated rings. The standard InChI is InChI=1S/C15H12N2O3/c16-12-6-2-5-11-13(12)15(20)17(14(11)19)10-4-1-3-9(7-10)8-18/h1-7,18H,8,16H2. The van der Waals surface area contributed by atoms with Crippen molar-refractivity contribution in [1.82, 2.24) is 0 Å². The molecule has 1 aliphatic rings. The van der Waals surface area contributed by atoms with Gasteiger partial charge in [-0.25, -0.2) is 4.90 Å². The first-order valence-electron chi connectivity index (χ1n) is 6.10. The van der Waals surface area contributed by atoms with Gasteiger partial charge in [-0.2, -0.15) is 0 Å². The molecular weight excluding hydrogens is 256 g/mol. The Morgan fingerprint density at radius 1 is 1.05 bits per heavy atom. The fraction of sp³-hybridized carbons (Fsp3) is 0.0667. The van der Waals surface area contributed by atoms with Gasteiger partial charge >= 0.3 is 0 Å². The van der Waals surface area contributed by atoms with Crippen LogP contribution in [0, 0.1) is 0 Å². The molecule has 2 aromatic rings. The molecule has 1 heterocycles. The Labute approximate surface area is 115 Å². The van der Waals surface area contributed by atoms with E-state index in [9.17, 15) is 9.59 Å². The number of fused-ring (bicyclic) bond motifs is 1. The van der Waals surface area contributed by atoms with Gasteiger partial charge in [0.15, 0.2) is 0 Å². The fourth-order valence-corrected chi connectivity index (χ4v) is 2.34. The maximum Gasteiger partial charge on any atom is 0.268 e. The Balaban J connectivity index is 2.12. The molecule has 3 N–H and O–H groups in total. The van der Waals surface area contributed by atoms with Crippen molar-refractivity contribution in [2.45, 2.75) is 6.61 Å². The van der Waals surface area contributed by atoms with Crippen LogP contribution >= 0.6 is 0 Å². The number of carbonyl (C=O) groups excluding carboxylic acids is 2. The molecular formula is C15H12N2O3. The predicted molar refractivity (Wildman–Crippen MR) is 74.4 cm³/mol. The van der Waals surface area contributed by atoms with Gasteiger partial charge in [0.1, 0.15) is 0 Å². The number of amides is 2. The van der Waals surface area contributed by atoms with Gasteiger partial charge in [0.05, 0.1) is 23.4 Å². The van der Waals surface area contributed by atoms with Gasteiger partial charge in [-0.15, -0.1) is 0 Å². The van der Waals surface area contributed by atoms with E-state index in [4.69, 9.17) is 10.8 Å². The molecule has 0 unspecified atom stereocenters. The third-order valence-electron chi connectivity index (χ3n) is 3.30. The number of nitrogens with zero attached hydrogens (tertiary/aromatic N) is 1. The maximum atomic E-state index is 12.4. The lowest BCUT2D eigenvalue weighted by atomic mass is 10.1. The van der Waals surface area contributed by atoms with E-state index in [0.717, 1.165) is 4.90 Å². The molecule has 0 radical (unpaired) electrons. The molecule has 3 rings (SSSR count). The molecule has 0 bridgehead atoms. The maximum absolute atomic E-state index is 12.4. The Kier molecular flexibility index (Phi) is 2.76. The van der Waals surface area contributed by atoms with Gasteiger partial charge in [-0.3, -0.25) is 9.59 Å². The van der Waals surface area contributed by atoms with Crippen molar-refractivity contribution in [2.24, 2.45) is 0 Å². The van der Waals surface area contributed by atoms with Crippen molar-refractivity contribution >= 4 is 23.2 Å². The monoisotopic (exact) mass is 268 g/mol. The Morgan fingerprint density at radius 2 is 1.80 bits per heavy atom. The Bertz CT molecular complexity index is 725. The summed E-state index contributed by atoms with van der Waals surface area (Å²) in [6.45, 7) is -0.154. The van der Waals surface area contributed by atoms with E-state index in [2.05, 4.69) is 0 Å². The first kappa shape index (κ1) is 12.4. The number of aliphatic hydroxyl groups is 1. The summed E-state index contributed by atoms with van der Waals surface area (Å²) in [5.41, 5.74) is 7.69. The average molecular weight is 268 g/mol. The van der Waals surface area contributed by atoms with Crippen LogP contribution in [-0.4, -0.2) is 16.9 Å². The lowest BCUT2D eigenvalue weighted by Gasteiger charge is -2.14.